The first-order valence-corrected chi connectivity index (χ1v) is 4.32. The first-order valence-electron chi connectivity index (χ1n) is 4.32. The van der Waals surface area contributed by atoms with Crippen molar-refractivity contribution in [2.45, 2.75) is 31.6 Å². The highest BCUT2D eigenvalue weighted by Gasteiger charge is 2.32. The molecule has 0 aromatic rings. The molecule has 3 unspecified atom stereocenters. The summed E-state index contributed by atoms with van der Waals surface area (Å²) in [6.07, 6.45) is -1.44. The van der Waals surface area contributed by atoms with Gasteiger partial charge < -0.3 is 15.3 Å². The van der Waals surface area contributed by atoms with Crippen LogP contribution in [0.25, 0.3) is 0 Å². The Labute approximate surface area is 76.6 Å². The van der Waals surface area contributed by atoms with Crippen LogP contribution >= 0.6 is 0 Å². The van der Waals surface area contributed by atoms with Crippen molar-refractivity contribution in [1.29, 1.82) is 0 Å². The molecule has 0 saturated carbocycles. The van der Waals surface area contributed by atoms with Gasteiger partial charge in [-0.1, -0.05) is 0 Å². The molecule has 1 fully saturated rings. The number of hydrogen-bond donors (Lipinski definition) is 3. The summed E-state index contributed by atoms with van der Waals surface area (Å²) in [6, 6.07) is -0.135. The predicted octanol–water partition coefficient (Wildman–Crippen LogP) is -1.11. The van der Waals surface area contributed by atoms with Gasteiger partial charge in [-0.15, -0.1) is 0 Å². The molecule has 1 heterocycles. The maximum Gasteiger partial charge on any atom is 0.304 e. The Bertz CT molecular complexity index is 187. The number of aliphatic hydroxyl groups is 2. The maximum atomic E-state index is 10.4. The zero-order valence-electron chi connectivity index (χ0n) is 7.55. The number of nitrogens with zero attached hydrogens (tertiary/aromatic N) is 1. The van der Waals surface area contributed by atoms with Crippen molar-refractivity contribution in [3.8, 4) is 0 Å². The van der Waals surface area contributed by atoms with Crippen LogP contribution in [0.15, 0.2) is 0 Å². The lowest BCUT2D eigenvalue weighted by Crippen LogP contribution is -2.33. The fourth-order valence-corrected chi connectivity index (χ4v) is 1.54. The highest BCUT2D eigenvalue weighted by Crippen LogP contribution is 2.14. The van der Waals surface area contributed by atoms with Crippen molar-refractivity contribution < 1.29 is 20.1 Å². The van der Waals surface area contributed by atoms with Gasteiger partial charge in [0.1, 0.15) is 0 Å². The van der Waals surface area contributed by atoms with E-state index in [0.717, 1.165) is 0 Å². The van der Waals surface area contributed by atoms with Gasteiger partial charge in [-0.25, -0.2) is 0 Å². The Hall–Kier alpha value is -0.650. The SMILES string of the molecule is CC(CC(=O)O)N1CC(O)C(O)C1. The number of aliphatic hydroxyl groups excluding tert-OH is 2. The van der Waals surface area contributed by atoms with Crippen LogP contribution in [0.2, 0.25) is 0 Å². The minimum Gasteiger partial charge on any atom is -0.481 e. The zero-order chi connectivity index (χ0) is 10.0. The minimum absolute atomic E-state index is 0.0411. The molecule has 3 atom stereocenters. The maximum absolute atomic E-state index is 10.4. The van der Waals surface area contributed by atoms with E-state index in [0.29, 0.717) is 13.1 Å². The Morgan fingerprint density at radius 3 is 2.31 bits per heavy atom. The standard InChI is InChI=1S/C8H15NO4/c1-5(2-8(12)13)9-3-6(10)7(11)4-9/h5-7,10-11H,2-4H2,1H3,(H,12,13). The lowest BCUT2D eigenvalue weighted by Gasteiger charge is -2.21. The van der Waals surface area contributed by atoms with E-state index in [1.807, 2.05) is 0 Å². The third-order valence-electron chi connectivity index (χ3n) is 2.38. The van der Waals surface area contributed by atoms with Gasteiger partial charge in [0.05, 0.1) is 18.6 Å². The van der Waals surface area contributed by atoms with Crippen LogP contribution in [0.5, 0.6) is 0 Å². The number of carboxylic acid groups (broad SMARTS) is 1. The molecule has 76 valence electrons. The van der Waals surface area contributed by atoms with Gasteiger partial charge in [-0.3, -0.25) is 9.69 Å². The fraction of sp³-hybridized carbons (Fsp3) is 0.875. The molecule has 5 nitrogen and oxygen atoms in total. The molecule has 0 amide bonds. The van der Waals surface area contributed by atoms with E-state index < -0.39 is 18.2 Å². The third kappa shape index (κ3) is 2.65. The molecule has 0 aromatic heterocycles. The minimum atomic E-state index is -0.858. The van der Waals surface area contributed by atoms with Crippen molar-refractivity contribution in [3.05, 3.63) is 0 Å². The zero-order valence-corrected chi connectivity index (χ0v) is 7.55. The quantitative estimate of drug-likeness (QED) is 0.524. The molecule has 1 aliphatic rings. The van der Waals surface area contributed by atoms with Gasteiger partial charge in [0, 0.05) is 19.1 Å². The van der Waals surface area contributed by atoms with Crippen molar-refractivity contribution in [2.24, 2.45) is 0 Å². The van der Waals surface area contributed by atoms with E-state index in [4.69, 9.17) is 5.11 Å². The molecule has 1 aliphatic heterocycles. The summed E-state index contributed by atoms with van der Waals surface area (Å²) in [5.41, 5.74) is 0. The fourth-order valence-electron chi connectivity index (χ4n) is 1.54. The number of carbonyl (C=O) groups is 1. The Morgan fingerprint density at radius 1 is 1.46 bits per heavy atom. The molecule has 0 aromatic carbocycles. The molecule has 0 spiro atoms. The molecule has 5 heteroatoms. The summed E-state index contributed by atoms with van der Waals surface area (Å²) in [5.74, 6) is -0.858. The van der Waals surface area contributed by atoms with Crippen LogP contribution in [0.1, 0.15) is 13.3 Å². The highest BCUT2D eigenvalue weighted by atomic mass is 16.4. The lowest BCUT2D eigenvalue weighted by atomic mass is 10.2. The summed E-state index contributed by atoms with van der Waals surface area (Å²) in [5, 5.41) is 26.9. The van der Waals surface area contributed by atoms with Crippen molar-refractivity contribution in [3.63, 3.8) is 0 Å². The molecular formula is C8H15NO4. The summed E-state index contributed by atoms with van der Waals surface area (Å²) in [6.45, 7) is 2.49. The molecule has 13 heavy (non-hydrogen) atoms. The number of rotatable bonds is 3. The largest absolute Gasteiger partial charge is 0.481 e. The number of carboxylic acids is 1. The summed E-state index contributed by atoms with van der Waals surface area (Å²) in [7, 11) is 0. The van der Waals surface area contributed by atoms with Gasteiger partial charge >= 0.3 is 5.97 Å². The summed E-state index contributed by atoms with van der Waals surface area (Å²) < 4.78 is 0. The van der Waals surface area contributed by atoms with E-state index in [2.05, 4.69) is 0 Å². The van der Waals surface area contributed by atoms with Crippen LogP contribution in [-0.4, -0.2) is 57.5 Å². The van der Waals surface area contributed by atoms with Crippen LogP contribution in [0.4, 0.5) is 0 Å². The van der Waals surface area contributed by atoms with E-state index in [1.165, 1.54) is 0 Å². The van der Waals surface area contributed by atoms with E-state index in [9.17, 15) is 15.0 Å². The van der Waals surface area contributed by atoms with E-state index >= 15 is 0 Å². The number of hydrogen-bond acceptors (Lipinski definition) is 4. The smallest absolute Gasteiger partial charge is 0.304 e. The van der Waals surface area contributed by atoms with Gasteiger partial charge in [0.2, 0.25) is 0 Å². The predicted molar refractivity (Wildman–Crippen MR) is 45.3 cm³/mol. The highest BCUT2D eigenvalue weighted by molar-refractivity contribution is 5.67. The molecular weight excluding hydrogens is 174 g/mol. The Balaban J connectivity index is 2.41. The molecule has 0 radical (unpaired) electrons. The third-order valence-corrected chi connectivity index (χ3v) is 2.38. The van der Waals surface area contributed by atoms with Gasteiger partial charge in [-0.05, 0) is 6.92 Å². The average molecular weight is 189 g/mol. The molecule has 0 aliphatic carbocycles. The Morgan fingerprint density at radius 2 is 1.92 bits per heavy atom. The lowest BCUT2D eigenvalue weighted by molar-refractivity contribution is -0.138. The van der Waals surface area contributed by atoms with Gasteiger partial charge in [-0.2, -0.15) is 0 Å². The number of likely N-dealkylation sites (tertiary alicyclic amines) is 1. The normalized spacial score (nSPS) is 31.9. The Kier molecular flexibility index (Phi) is 3.24. The summed E-state index contributed by atoms with van der Waals surface area (Å²) >= 11 is 0. The van der Waals surface area contributed by atoms with Crippen LogP contribution in [0.3, 0.4) is 0 Å². The van der Waals surface area contributed by atoms with Gasteiger partial charge in [0.15, 0.2) is 0 Å². The molecule has 1 rings (SSSR count). The first-order chi connectivity index (χ1) is 6.00. The van der Waals surface area contributed by atoms with Crippen LogP contribution < -0.4 is 0 Å². The molecule has 1 saturated heterocycles. The van der Waals surface area contributed by atoms with Crippen molar-refractivity contribution in [1.82, 2.24) is 4.90 Å². The van der Waals surface area contributed by atoms with Crippen LogP contribution in [-0.2, 0) is 4.79 Å². The topological polar surface area (TPSA) is 81.0 Å². The second-order valence-corrected chi connectivity index (χ2v) is 3.54. The van der Waals surface area contributed by atoms with Crippen molar-refractivity contribution >= 4 is 5.97 Å². The monoisotopic (exact) mass is 189 g/mol. The van der Waals surface area contributed by atoms with Crippen molar-refractivity contribution in [2.75, 3.05) is 13.1 Å². The first kappa shape index (κ1) is 10.4. The second kappa shape index (κ2) is 4.04. The van der Waals surface area contributed by atoms with E-state index in [-0.39, 0.29) is 12.5 Å². The molecule has 0 bridgehead atoms. The van der Waals surface area contributed by atoms with Crippen LogP contribution in [0, 0.1) is 0 Å². The average Bonchev–Trinajstić information content (AvgIpc) is 2.31. The second-order valence-electron chi connectivity index (χ2n) is 3.54. The number of β-amino-alcohol motifs (C(OH)–C–C–N with tert-alkyl or cyclic N) is 2. The van der Waals surface area contributed by atoms with Gasteiger partial charge in [0.25, 0.3) is 0 Å². The number of aliphatic carboxylic acids is 1. The van der Waals surface area contributed by atoms with E-state index in [1.54, 1.807) is 11.8 Å². The summed E-state index contributed by atoms with van der Waals surface area (Å²) in [4.78, 5) is 12.2. The molecule has 3 N–H and O–H groups in total.